The fourth-order valence-corrected chi connectivity index (χ4v) is 6.31. The van der Waals surface area contributed by atoms with Crippen molar-refractivity contribution in [2.45, 2.75) is 51.1 Å². The average Bonchev–Trinajstić information content (AvgIpc) is 2.96. The van der Waals surface area contributed by atoms with Gasteiger partial charge in [0.25, 0.3) is 11.8 Å². The van der Waals surface area contributed by atoms with Crippen LogP contribution in [0.25, 0.3) is 11.0 Å². The quantitative estimate of drug-likeness (QED) is 0.808. The Kier molecular flexibility index (Phi) is 3.38. The number of hydrogen-bond donors (Lipinski definition) is 0. The summed E-state index contributed by atoms with van der Waals surface area (Å²) in [6.45, 7) is 1.82. The SMILES string of the molecule is CC1C(=O)N(C2CCC3CC4CC2CC34)N1C(=O)c1cnc2ccccc2n1. The van der Waals surface area contributed by atoms with E-state index in [4.69, 9.17) is 0 Å². The molecule has 0 N–H and O–H groups in total. The van der Waals surface area contributed by atoms with Gasteiger partial charge in [-0.2, -0.15) is 0 Å². The minimum absolute atomic E-state index is 0.0751. The third-order valence-electron chi connectivity index (χ3n) is 7.75. The number of carbonyl (C=O) groups is 2. The van der Waals surface area contributed by atoms with Crippen molar-refractivity contribution in [2.24, 2.45) is 23.7 Å². The van der Waals surface area contributed by atoms with E-state index in [1.807, 2.05) is 31.2 Å². The third-order valence-corrected chi connectivity index (χ3v) is 7.75. The fraction of sp³-hybridized carbons (Fsp3) is 0.545. The lowest BCUT2D eigenvalue weighted by molar-refractivity contribution is -0.193. The molecule has 0 radical (unpaired) electrons. The molecule has 0 spiro atoms. The summed E-state index contributed by atoms with van der Waals surface area (Å²) in [5.41, 5.74) is 1.78. The van der Waals surface area contributed by atoms with Gasteiger partial charge < -0.3 is 0 Å². The first kappa shape index (κ1) is 16.5. The number of amides is 2. The van der Waals surface area contributed by atoms with Crippen LogP contribution in [-0.4, -0.2) is 43.9 Å². The van der Waals surface area contributed by atoms with Crippen molar-refractivity contribution in [1.29, 1.82) is 0 Å². The molecule has 2 amide bonds. The molecular weight excluding hydrogens is 352 g/mol. The summed E-state index contributed by atoms with van der Waals surface area (Å²) in [4.78, 5) is 35.0. The molecule has 1 aromatic carbocycles. The summed E-state index contributed by atoms with van der Waals surface area (Å²) in [6, 6.07) is 7.28. The molecule has 3 aliphatic carbocycles. The number of hydrogen-bond acceptors (Lipinski definition) is 4. The van der Waals surface area contributed by atoms with Crippen LogP contribution in [0.5, 0.6) is 0 Å². The van der Waals surface area contributed by atoms with E-state index >= 15 is 0 Å². The standard InChI is InChI=1S/C22H24N4O2/c1-12-21(27)26(20-7-6-13-8-14-9-15(20)10-16(13)14)25(12)22(28)19-11-23-17-4-2-3-5-18(17)24-19/h2-5,11-16,20H,6-10H2,1H3. The minimum Gasteiger partial charge on any atom is -0.271 e. The van der Waals surface area contributed by atoms with E-state index in [1.54, 1.807) is 10.0 Å². The molecule has 1 saturated heterocycles. The lowest BCUT2D eigenvalue weighted by Gasteiger charge is -2.53. The molecule has 6 rings (SSSR count). The number of carbonyl (C=O) groups excluding carboxylic acids is 2. The van der Waals surface area contributed by atoms with Gasteiger partial charge in [-0.25, -0.2) is 15.0 Å². The summed E-state index contributed by atoms with van der Waals surface area (Å²) < 4.78 is 0. The molecule has 2 heterocycles. The highest BCUT2D eigenvalue weighted by atomic mass is 16.2. The Morgan fingerprint density at radius 1 is 1.04 bits per heavy atom. The van der Waals surface area contributed by atoms with Crippen LogP contribution in [0.3, 0.4) is 0 Å². The molecule has 28 heavy (non-hydrogen) atoms. The molecule has 3 saturated carbocycles. The van der Waals surface area contributed by atoms with Gasteiger partial charge in [0.2, 0.25) is 0 Å². The topological polar surface area (TPSA) is 66.4 Å². The van der Waals surface area contributed by atoms with Crippen LogP contribution >= 0.6 is 0 Å². The summed E-state index contributed by atoms with van der Waals surface area (Å²) in [6.07, 6.45) is 7.58. The highest BCUT2D eigenvalue weighted by molar-refractivity contribution is 6.01. The van der Waals surface area contributed by atoms with Gasteiger partial charge in [-0.05, 0) is 74.8 Å². The smallest absolute Gasteiger partial charge is 0.271 e. The van der Waals surface area contributed by atoms with Gasteiger partial charge in [0, 0.05) is 0 Å². The Bertz CT molecular complexity index is 991. The van der Waals surface area contributed by atoms with Crippen LogP contribution in [0.1, 0.15) is 49.5 Å². The molecule has 6 unspecified atom stereocenters. The number of fused-ring (bicyclic) bond motifs is 2. The monoisotopic (exact) mass is 376 g/mol. The van der Waals surface area contributed by atoms with Gasteiger partial charge in [-0.1, -0.05) is 12.1 Å². The second-order valence-corrected chi connectivity index (χ2v) is 9.05. The van der Waals surface area contributed by atoms with Crippen molar-refractivity contribution in [3.8, 4) is 0 Å². The Labute approximate surface area is 163 Å². The summed E-state index contributed by atoms with van der Waals surface area (Å²) in [7, 11) is 0. The second kappa shape index (κ2) is 5.75. The van der Waals surface area contributed by atoms with E-state index in [1.165, 1.54) is 31.9 Å². The zero-order valence-electron chi connectivity index (χ0n) is 16.0. The number of para-hydroxylation sites is 2. The molecule has 2 bridgehead atoms. The molecule has 6 nitrogen and oxygen atoms in total. The van der Waals surface area contributed by atoms with Crippen LogP contribution < -0.4 is 0 Å². The van der Waals surface area contributed by atoms with E-state index in [0.717, 1.165) is 29.7 Å². The van der Waals surface area contributed by atoms with Crippen molar-refractivity contribution in [3.05, 3.63) is 36.2 Å². The Balaban J connectivity index is 1.30. The summed E-state index contributed by atoms with van der Waals surface area (Å²) in [5.74, 6) is 2.99. The number of aromatic nitrogens is 2. The second-order valence-electron chi connectivity index (χ2n) is 9.05. The van der Waals surface area contributed by atoms with Crippen LogP contribution in [0.2, 0.25) is 0 Å². The maximum atomic E-state index is 13.3. The largest absolute Gasteiger partial charge is 0.293 e. The first-order valence-corrected chi connectivity index (χ1v) is 10.5. The molecule has 4 aliphatic rings. The lowest BCUT2D eigenvalue weighted by Crippen LogP contribution is -2.73. The molecular formula is C22H24N4O2. The predicted octanol–water partition coefficient (Wildman–Crippen LogP) is 3.04. The maximum Gasteiger partial charge on any atom is 0.293 e. The minimum atomic E-state index is -0.421. The van der Waals surface area contributed by atoms with Gasteiger partial charge >= 0.3 is 0 Å². The number of benzene rings is 1. The van der Waals surface area contributed by atoms with E-state index in [0.29, 0.717) is 17.1 Å². The predicted molar refractivity (Wildman–Crippen MR) is 103 cm³/mol. The molecule has 144 valence electrons. The number of nitrogens with zero attached hydrogens (tertiary/aromatic N) is 4. The molecule has 6 heteroatoms. The Morgan fingerprint density at radius 2 is 1.82 bits per heavy atom. The zero-order chi connectivity index (χ0) is 19.0. The lowest BCUT2D eigenvalue weighted by atomic mass is 9.64. The van der Waals surface area contributed by atoms with Crippen molar-refractivity contribution in [3.63, 3.8) is 0 Å². The van der Waals surface area contributed by atoms with Crippen molar-refractivity contribution in [2.75, 3.05) is 0 Å². The van der Waals surface area contributed by atoms with Crippen LogP contribution in [0, 0.1) is 23.7 Å². The first-order chi connectivity index (χ1) is 13.6. The highest BCUT2D eigenvalue weighted by Crippen LogP contribution is 2.59. The Hall–Kier alpha value is -2.50. The first-order valence-electron chi connectivity index (χ1n) is 10.5. The fourth-order valence-electron chi connectivity index (χ4n) is 6.31. The van der Waals surface area contributed by atoms with Gasteiger partial charge in [-0.15, -0.1) is 0 Å². The summed E-state index contributed by atoms with van der Waals surface area (Å²) in [5, 5.41) is 3.43. The number of rotatable bonds is 2. The van der Waals surface area contributed by atoms with Crippen molar-refractivity contribution in [1.82, 2.24) is 20.0 Å². The van der Waals surface area contributed by atoms with E-state index in [-0.39, 0.29) is 17.9 Å². The van der Waals surface area contributed by atoms with Gasteiger partial charge in [-0.3, -0.25) is 14.6 Å². The normalized spacial score (nSPS) is 36.1. The molecule has 1 aliphatic heterocycles. The van der Waals surface area contributed by atoms with Crippen LogP contribution in [0.15, 0.2) is 30.5 Å². The Morgan fingerprint density at radius 3 is 2.68 bits per heavy atom. The van der Waals surface area contributed by atoms with Gasteiger partial charge in [0.1, 0.15) is 11.7 Å². The van der Waals surface area contributed by atoms with Gasteiger partial charge in [0.15, 0.2) is 0 Å². The van der Waals surface area contributed by atoms with E-state index in [2.05, 4.69) is 9.97 Å². The highest BCUT2D eigenvalue weighted by Gasteiger charge is 2.57. The number of hydrazine groups is 1. The van der Waals surface area contributed by atoms with Crippen LogP contribution in [-0.2, 0) is 4.79 Å². The third kappa shape index (κ3) is 2.14. The summed E-state index contributed by atoms with van der Waals surface area (Å²) >= 11 is 0. The average molecular weight is 376 g/mol. The van der Waals surface area contributed by atoms with Crippen LogP contribution in [0.4, 0.5) is 0 Å². The molecule has 6 atom stereocenters. The van der Waals surface area contributed by atoms with Gasteiger partial charge in [0.05, 0.1) is 23.3 Å². The molecule has 4 fully saturated rings. The zero-order valence-corrected chi connectivity index (χ0v) is 16.0. The van der Waals surface area contributed by atoms with E-state index < -0.39 is 6.04 Å². The maximum absolute atomic E-state index is 13.3. The molecule has 2 aromatic rings. The molecule has 1 aromatic heterocycles. The van der Waals surface area contributed by atoms with E-state index in [9.17, 15) is 9.59 Å². The van der Waals surface area contributed by atoms with Crippen molar-refractivity contribution >= 4 is 22.8 Å². The van der Waals surface area contributed by atoms with Crippen molar-refractivity contribution < 1.29 is 9.59 Å².